The third-order valence-electron chi connectivity index (χ3n) is 6.64. The van der Waals surface area contributed by atoms with Gasteiger partial charge in [0.15, 0.2) is 6.61 Å². The monoisotopic (exact) mass is 512 g/mol. The Morgan fingerprint density at radius 2 is 1.55 bits per heavy atom. The first-order valence-electron chi connectivity index (χ1n) is 12.9. The summed E-state index contributed by atoms with van der Waals surface area (Å²) in [6.07, 6.45) is 1.10. The fourth-order valence-corrected chi connectivity index (χ4v) is 4.33. The van der Waals surface area contributed by atoms with Crippen molar-refractivity contribution in [1.29, 1.82) is 0 Å². The molecule has 0 saturated heterocycles. The number of rotatable bonds is 11. The number of carbonyl (C=O) groups is 2. The van der Waals surface area contributed by atoms with Gasteiger partial charge in [-0.25, -0.2) is 4.39 Å². The number of amides is 2. The van der Waals surface area contributed by atoms with Gasteiger partial charge in [-0.05, 0) is 48.1 Å². The van der Waals surface area contributed by atoms with E-state index in [1.807, 2.05) is 86.6 Å². The van der Waals surface area contributed by atoms with Gasteiger partial charge in [-0.2, -0.15) is 0 Å². The highest BCUT2D eigenvalue weighted by Crippen LogP contribution is 2.25. The molecular weight excluding hydrogens is 479 g/mol. The lowest BCUT2D eigenvalue weighted by Gasteiger charge is -2.32. The van der Waals surface area contributed by atoms with E-state index < -0.39 is 6.04 Å². The van der Waals surface area contributed by atoms with E-state index in [2.05, 4.69) is 5.32 Å². The van der Waals surface area contributed by atoms with Gasteiger partial charge in [0.2, 0.25) is 5.91 Å². The van der Waals surface area contributed by atoms with Gasteiger partial charge in [-0.3, -0.25) is 9.59 Å². The molecule has 0 saturated carbocycles. The average molecular weight is 513 g/mol. The predicted octanol–water partition coefficient (Wildman–Crippen LogP) is 5.91. The molecule has 1 N–H and O–H groups in total. The quantitative estimate of drug-likeness (QED) is 0.272. The normalized spacial score (nSPS) is 12.5. The molecule has 0 spiro atoms. The molecule has 0 bridgehead atoms. The molecule has 0 aromatic heterocycles. The molecule has 6 heteroatoms. The Bertz CT molecular complexity index is 1350. The largest absolute Gasteiger partial charge is 0.483 e. The lowest BCUT2D eigenvalue weighted by Crippen LogP contribution is -2.53. The van der Waals surface area contributed by atoms with Gasteiger partial charge in [0.05, 0.1) is 0 Å². The summed E-state index contributed by atoms with van der Waals surface area (Å²) < 4.78 is 19.6. The lowest BCUT2D eigenvalue weighted by molar-refractivity contribution is -0.143. The van der Waals surface area contributed by atoms with Crippen LogP contribution in [0.3, 0.4) is 0 Å². The van der Waals surface area contributed by atoms with Crippen molar-refractivity contribution >= 4 is 22.6 Å². The molecule has 0 aliphatic rings. The van der Waals surface area contributed by atoms with Gasteiger partial charge >= 0.3 is 0 Å². The van der Waals surface area contributed by atoms with Crippen LogP contribution in [0, 0.1) is 5.82 Å². The zero-order valence-corrected chi connectivity index (χ0v) is 21.8. The molecule has 4 aromatic carbocycles. The van der Waals surface area contributed by atoms with Crippen LogP contribution in [-0.2, 0) is 22.6 Å². The van der Waals surface area contributed by atoms with Crippen LogP contribution in [-0.4, -0.2) is 35.4 Å². The zero-order chi connectivity index (χ0) is 26.9. The molecule has 0 radical (unpaired) electrons. The van der Waals surface area contributed by atoms with E-state index in [9.17, 15) is 14.0 Å². The molecule has 2 atom stereocenters. The lowest BCUT2D eigenvalue weighted by atomic mass is 10.0. The number of carbonyl (C=O) groups excluding carboxylic acids is 2. The second-order valence-corrected chi connectivity index (χ2v) is 9.44. The van der Waals surface area contributed by atoms with E-state index in [0.717, 1.165) is 28.3 Å². The molecule has 0 heterocycles. The minimum absolute atomic E-state index is 0.0459. The summed E-state index contributed by atoms with van der Waals surface area (Å²) in [5.41, 5.74) is 1.66. The number of halogens is 1. The molecule has 0 aliphatic heterocycles. The van der Waals surface area contributed by atoms with Crippen LogP contribution in [0.2, 0.25) is 0 Å². The Balaban J connectivity index is 1.64. The minimum Gasteiger partial charge on any atom is -0.483 e. The van der Waals surface area contributed by atoms with Crippen LogP contribution in [0.25, 0.3) is 10.8 Å². The summed E-state index contributed by atoms with van der Waals surface area (Å²) in [6, 6.07) is 28.3. The summed E-state index contributed by atoms with van der Waals surface area (Å²) in [6.45, 7) is 3.84. The highest BCUT2D eigenvalue weighted by atomic mass is 19.1. The average Bonchev–Trinajstić information content (AvgIpc) is 2.95. The SMILES string of the molecule is CC[C@@H](C)NC(=O)[C@@H](Cc1ccccc1)N(Cc1ccc(F)cc1)C(=O)COc1cccc2ccccc12. The minimum atomic E-state index is -0.778. The summed E-state index contributed by atoms with van der Waals surface area (Å²) >= 11 is 0. The second-order valence-electron chi connectivity index (χ2n) is 9.44. The van der Waals surface area contributed by atoms with Crippen molar-refractivity contribution in [2.45, 2.75) is 45.3 Å². The number of ether oxygens (including phenoxy) is 1. The Kier molecular flexibility index (Phi) is 9.09. The van der Waals surface area contributed by atoms with Crippen LogP contribution < -0.4 is 10.1 Å². The number of nitrogens with zero attached hydrogens (tertiary/aromatic N) is 1. The van der Waals surface area contributed by atoms with E-state index in [4.69, 9.17) is 4.74 Å². The van der Waals surface area contributed by atoms with Gasteiger partial charge < -0.3 is 15.0 Å². The fraction of sp³-hybridized carbons (Fsp3) is 0.250. The highest BCUT2D eigenvalue weighted by Gasteiger charge is 2.31. The summed E-state index contributed by atoms with van der Waals surface area (Å²) in [5, 5.41) is 4.96. The zero-order valence-electron chi connectivity index (χ0n) is 21.8. The first-order valence-corrected chi connectivity index (χ1v) is 12.9. The Labute approximate surface area is 223 Å². The van der Waals surface area contributed by atoms with Crippen molar-refractivity contribution in [2.75, 3.05) is 6.61 Å². The van der Waals surface area contributed by atoms with Crippen molar-refractivity contribution < 1.29 is 18.7 Å². The van der Waals surface area contributed by atoms with Crippen LogP contribution in [0.15, 0.2) is 97.1 Å². The fourth-order valence-electron chi connectivity index (χ4n) is 4.33. The maximum absolute atomic E-state index is 13.8. The maximum Gasteiger partial charge on any atom is 0.261 e. The van der Waals surface area contributed by atoms with Gasteiger partial charge in [0.1, 0.15) is 17.6 Å². The number of hydrogen-bond acceptors (Lipinski definition) is 3. The third kappa shape index (κ3) is 6.97. The van der Waals surface area contributed by atoms with Gasteiger partial charge in [-0.1, -0.05) is 85.8 Å². The molecule has 4 aromatic rings. The number of fused-ring (bicyclic) bond motifs is 1. The molecule has 196 valence electrons. The topological polar surface area (TPSA) is 58.6 Å². The van der Waals surface area contributed by atoms with Gasteiger partial charge in [0, 0.05) is 24.4 Å². The van der Waals surface area contributed by atoms with E-state index in [1.54, 1.807) is 17.0 Å². The standard InChI is InChI=1S/C32H33FN2O3/c1-3-23(2)34-32(37)29(20-24-10-5-4-6-11-24)35(21-25-16-18-27(33)19-17-25)31(36)22-38-30-15-9-13-26-12-7-8-14-28(26)30/h4-19,23,29H,3,20-22H2,1-2H3,(H,34,37)/t23-,29-/m1/s1. The van der Waals surface area contributed by atoms with E-state index in [1.165, 1.54) is 12.1 Å². The highest BCUT2D eigenvalue weighted by molar-refractivity contribution is 5.90. The molecular formula is C32H33FN2O3. The molecule has 0 unspecified atom stereocenters. The molecule has 4 rings (SSSR count). The van der Waals surface area contributed by atoms with Crippen LogP contribution >= 0.6 is 0 Å². The molecule has 5 nitrogen and oxygen atoms in total. The molecule has 0 aliphatic carbocycles. The second kappa shape index (κ2) is 12.9. The number of hydrogen-bond donors (Lipinski definition) is 1. The van der Waals surface area contributed by atoms with Crippen molar-refractivity contribution in [2.24, 2.45) is 0 Å². The predicted molar refractivity (Wildman–Crippen MR) is 148 cm³/mol. The first-order chi connectivity index (χ1) is 18.4. The van der Waals surface area contributed by atoms with Crippen LogP contribution in [0.4, 0.5) is 4.39 Å². The van der Waals surface area contributed by atoms with Crippen LogP contribution in [0.5, 0.6) is 5.75 Å². The van der Waals surface area contributed by atoms with Gasteiger partial charge in [-0.15, -0.1) is 0 Å². The summed E-state index contributed by atoms with van der Waals surface area (Å²) in [5.74, 6) is -0.325. The van der Waals surface area contributed by atoms with Gasteiger partial charge in [0.25, 0.3) is 5.91 Å². The maximum atomic E-state index is 13.8. The summed E-state index contributed by atoms with van der Waals surface area (Å²) in [7, 11) is 0. The van der Waals surface area contributed by atoms with Crippen molar-refractivity contribution in [1.82, 2.24) is 10.2 Å². The van der Waals surface area contributed by atoms with E-state index in [0.29, 0.717) is 12.2 Å². The molecule has 38 heavy (non-hydrogen) atoms. The molecule has 0 fully saturated rings. The number of nitrogens with one attached hydrogen (secondary N) is 1. The number of benzene rings is 4. The Morgan fingerprint density at radius 3 is 2.29 bits per heavy atom. The van der Waals surface area contributed by atoms with Crippen LogP contribution in [0.1, 0.15) is 31.4 Å². The van der Waals surface area contributed by atoms with Crippen molar-refractivity contribution in [3.05, 3.63) is 114 Å². The van der Waals surface area contributed by atoms with E-state index >= 15 is 0 Å². The van der Waals surface area contributed by atoms with E-state index in [-0.39, 0.29) is 36.8 Å². The first kappa shape index (κ1) is 26.9. The Hall–Kier alpha value is -4.19. The third-order valence-corrected chi connectivity index (χ3v) is 6.64. The van der Waals surface area contributed by atoms with Crippen molar-refractivity contribution in [3.63, 3.8) is 0 Å². The Morgan fingerprint density at radius 1 is 0.868 bits per heavy atom. The smallest absolute Gasteiger partial charge is 0.261 e. The summed E-state index contributed by atoms with van der Waals surface area (Å²) in [4.78, 5) is 28.9. The molecule has 2 amide bonds. The van der Waals surface area contributed by atoms with Crippen molar-refractivity contribution in [3.8, 4) is 5.75 Å².